The third-order valence-electron chi connectivity index (χ3n) is 13.2. The second-order valence-corrected chi connectivity index (χ2v) is 30.2. The van der Waals surface area contributed by atoms with Crippen molar-refractivity contribution in [1.29, 1.82) is 0 Å². The van der Waals surface area contributed by atoms with Crippen molar-refractivity contribution in [3.63, 3.8) is 0 Å². The second-order valence-electron chi connectivity index (χ2n) is 16.1. The second kappa shape index (κ2) is 24.5. The van der Waals surface area contributed by atoms with E-state index in [2.05, 4.69) is 105 Å². The highest BCUT2D eigenvalue weighted by molar-refractivity contribution is 6.75. The van der Waals surface area contributed by atoms with Crippen molar-refractivity contribution < 1.29 is 22.8 Å². The Morgan fingerprint density at radius 3 is 1.79 bits per heavy atom. The molecular weight excluding hydrogens is 693 g/mol. The summed E-state index contributed by atoms with van der Waals surface area (Å²) in [6.45, 7) is 26.0. The van der Waals surface area contributed by atoms with Gasteiger partial charge < -0.3 is 18.0 Å². The van der Waals surface area contributed by atoms with Gasteiger partial charge in [0.25, 0.3) is 0 Å². The van der Waals surface area contributed by atoms with E-state index in [0.29, 0.717) is 29.9 Å². The highest BCUT2D eigenvalue weighted by atomic mass is 28.4. The molecule has 300 valence electrons. The van der Waals surface area contributed by atoms with Crippen LogP contribution in [0.5, 0.6) is 0 Å². The minimum atomic E-state index is -1.88. The molecule has 1 saturated carbocycles. The number of ether oxygens (including phenoxy) is 1. The molecule has 8 heteroatoms. The summed E-state index contributed by atoms with van der Waals surface area (Å²) in [7, 11) is -5.46. The molecule has 1 aromatic carbocycles. The number of carbonyl (C=O) groups is 1. The number of hydrogen-bond acceptors (Lipinski definition) is 5. The van der Waals surface area contributed by atoms with Crippen molar-refractivity contribution in [2.45, 2.75) is 206 Å². The SMILES string of the molecule is CC[Si](CC)(CC)O[C@H]1C[C@@H](O[Si](CC)(CC)CC)[C@H](CCCCCO[Si](CC)(CC)C(C)c2ccccc2)[C@H]1CC=CCCCC(=O)OC(C)C. The molecule has 1 unspecified atom stereocenters. The predicted octanol–water partition coefficient (Wildman–Crippen LogP) is 13.4. The zero-order valence-electron chi connectivity index (χ0n) is 35.8. The Hall–Kier alpha value is -1.04. The van der Waals surface area contributed by atoms with Crippen LogP contribution in [-0.2, 0) is 22.8 Å². The number of carbonyl (C=O) groups excluding carboxylic acids is 1. The van der Waals surface area contributed by atoms with Crippen LogP contribution in [-0.4, -0.2) is 55.8 Å². The van der Waals surface area contributed by atoms with Crippen LogP contribution >= 0.6 is 0 Å². The van der Waals surface area contributed by atoms with Gasteiger partial charge in [-0.05, 0) is 118 Å². The fourth-order valence-electron chi connectivity index (χ4n) is 9.00. The molecule has 52 heavy (non-hydrogen) atoms. The first kappa shape index (κ1) is 47.1. The third kappa shape index (κ3) is 13.9. The summed E-state index contributed by atoms with van der Waals surface area (Å²) < 4.78 is 27.2. The van der Waals surface area contributed by atoms with Crippen LogP contribution in [0.3, 0.4) is 0 Å². The molecule has 0 heterocycles. The van der Waals surface area contributed by atoms with Gasteiger partial charge >= 0.3 is 5.97 Å². The molecule has 1 aromatic rings. The quantitative estimate of drug-likeness (QED) is 0.0367. The topological polar surface area (TPSA) is 54.0 Å². The van der Waals surface area contributed by atoms with Gasteiger partial charge in [-0.2, -0.15) is 0 Å². The Kier molecular flexibility index (Phi) is 22.2. The summed E-state index contributed by atoms with van der Waals surface area (Å²) in [6, 6.07) is 20.5. The number of hydrogen-bond donors (Lipinski definition) is 0. The van der Waals surface area contributed by atoms with Gasteiger partial charge in [0.05, 0.1) is 18.3 Å². The van der Waals surface area contributed by atoms with E-state index in [4.69, 9.17) is 18.0 Å². The molecule has 1 aliphatic rings. The molecule has 1 fully saturated rings. The molecule has 2 rings (SSSR count). The maximum Gasteiger partial charge on any atom is 0.306 e. The van der Waals surface area contributed by atoms with Crippen LogP contribution in [0, 0.1) is 11.8 Å². The fourth-order valence-corrected chi connectivity index (χ4v) is 18.6. The van der Waals surface area contributed by atoms with Gasteiger partial charge in [0.15, 0.2) is 25.0 Å². The monoisotopic (exact) mass is 775 g/mol. The molecule has 0 aliphatic heterocycles. The van der Waals surface area contributed by atoms with Gasteiger partial charge in [-0.1, -0.05) is 118 Å². The van der Waals surface area contributed by atoms with E-state index in [1.165, 1.54) is 61.1 Å². The smallest absolute Gasteiger partial charge is 0.306 e. The van der Waals surface area contributed by atoms with Crippen molar-refractivity contribution in [2.24, 2.45) is 11.8 Å². The first-order valence-electron chi connectivity index (χ1n) is 21.9. The molecule has 0 bridgehead atoms. The zero-order chi connectivity index (χ0) is 38.6. The molecule has 0 spiro atoms. The summed E-state index contributed by atoms with van der Waals surface area (Å²) in [5, 5.41) is 0. The molecule has 0 radical (unpaired) electrons. The van der Waals surface area contributed by atoms with Crippen LogP contribution in [0.15, 0.2) is 42.5 Å². The highest BCUT2D eigenvalue weighted by Crippen LogP contribution is 2.46. The van der Waals surface area contributed by atoms with Crippen LogP contribution in [0.4, 0.5) is 0 Å². The number of esters is 1. The standard InChI is InChI=1S/C44H82O5Si3/c1-12-50(13-2,14-3)48-42-36-43(49-51(15-4,16-5)17-6)41(40(42)32-26-20-21-28-34-44(45)47-37(9)10)33-27-23-29-35-46-52(18-7,19-8)38(11)39-30-24-22-25-31-39/h20,22,24-26,30-31,37-38,40-43H,12-19,21,23,27-29,32-36H2,1-11H3/t38?,40-,41-,42+,43-/m1/s1. The summed E-state index contributed by atoms with van der Waals surface area (Å²) in [5.74, 6) is 0.907. The van der Waals surface area contributed by atoms with Gasteiger partial charge in [0, 0.05) is 18.6 Å². The maximum absolute atomic E-state index is 12.1. The van der Waals surface area contributed by atoms with E-state index in [1.807, 2.05) is 13.8 Å². The van der Waals surface area contributed by atoms with E-state index in [0.717, 1.165) is 50.8 Å². The lowest BCUT2D eigenvalue weighted by molar-refractivity contribution is -0.147. The number of allylic oxidation sites excluding steroid dienone is 2. The Morgan fingerprint density at radius 2 is 1.27 bits per heavy atom. The Bertz CT molecular complexity index is 1100. The molecule has 0 N–H and O–H groups in total. The molecule has 0 amide bonds. The van der Waals surface area contributed by atoms with E-state index >= 15 is 0 Å². The zero-order valence-corrected chi connectivity index (χ0v) is 38.8. The van der Waals surface area contributed by atoms with Crippen molar-refractivity contribution in [2.75, 3.05) is 6.61 Å². The number of unbranched alkanes of at least 4 members (excludes halogenated alkanes) is 3. The molecule has 1 aliphatic carbocycles. The average molecular weight is 775 g/mol. The van der Waals surface area contributed by atoms with Crippen molar-refractivity contribution in [3.8, 4) is 0 Å². The minimum absolute atomic E-state index is 0.0478. The lowest BCUT2D eigenvalue weighted by Crippen LogP contribution is -2.43. The molecule has 0 aromatic heterocycles. The lowest BCUT2D eigenvalue weighted by atomic mass is 9.86. The fraction of sp³-hybridized carbons (Fsp3) is 0.795. The van der Waals surface area contributed by atoms with Crippen LogP contribution in [0.2, 0.25) is 48.4 Å². The number of rotatable bonds is 28. The van der Waals surface area contributed by atoms with Gasteiger partial charge in [0.2, 0.25) is 0 Å². The first-order chi connectivity index (χ1) is 25.0. The van der Waals surface area contributed by atoms with E-state index in [1.54, 1.807) is 0 Å². The van der Waals surface area contributed by atoms with Crippen molar-refractivity contribution in [1.82, 2.24) is 0 Å². The normalized spacial score (nSPS) is 20.6. The predicted molar refractivity (Wildman–Crippen MR) is 231 cm³/mol. The van der Waals surface area contributed by atoms with Crippen LogP contribution in [0.25, 0.3) is 0 Å². The van der Waals surface area contributed by atoms with E-state index in [9.17, 15) is 4.79 Å². The molecule has 0 saturated heterocycles. The summed E-state index contributed by atoms with van der Waals surface area (Å²) in [4.78, 5) is 12.1. The van der Waals surface area contributed by atoms with Gasteiger partial charge in [0.1, 0.15) is 0 Å². The van der Waals surface area contributed by atoms with Crippen molar-refractivity contribution >= 4 is 30.9 Å². The van der Waals surface area contributed by atoms with Crippen LogP contribution in [0.1, 0.15) is 145 Å². The number of benzene rings is 1. The summed E-state index contributed by atoms with van der Waals surface area (Å²) in [5.41, 5.74) is 1.94. The third-order valence-corrected chi connectivity index (χ3v) is 27.6. The largest absolute Gasteiger partial charge is 0.463 e. The lowest BCUT2D eigenvalue weighted by Gasteiger charge is -2.36. The van der Waals surface area contributed by atoms with E-state index < -0.39 is 25.0 Å². The maximum atomic E-state index is 12.1. The molecule has 5 nitrogen and oxygen atoms in total. The van der Waals surface area contributed by atoms with Crippen molar-refractivity contribution in [3.05, 3.63) is 48.0 Å². The van der Waals surface area contributed by atoms with E-state index in [-0.39, 0.29) is 18.2 Å². The van der Waals surface area contributed by atoms with Gasteiger partial charge in [-0.3, -0.25) is 4.79 Å². The van der Waals surface area contributed by atoms with Crippen LogP contribution < -0.4 is 0 Å². The average Bonchev–Trinajstić information content (AvgIpc) is 3.47. The summed E-state index contributed by atoms with van der Waals surface area (Å²) in [6.07, 6.45) is 14.3. The summed E-state index contributed by atoms with van der Waals surface area (Å²) >= 11 is 0. The Balaban J connectivity index is 2.21. The first-order valence-corrected chi connectivity index (χ1v) is 29.3. The van der Waals surface area contributed by atoms with Gasteiger partial charge in [-0.25, -0.2) is 0 Å². The van der Waals surface area contributed by atoms with Gasteiger partial charge in [-0.15, -0.1) is 0 Å². The molecular formula is C44H82O5Si3. The highest BCUT2D eigenvalue weighted by Gasteiger charge is 2.48. The molecule has 5 atom stereocenters. The Morgan fingerprint density at radius 1 is 0.712 bits per heavy atom. The minimum Gasteiger partial charge on any atom is -0.463 e. The Labute approximate surface area is 325 Å².